The van der Waals surface area contributed by atoms with Crippen LogP contribution in [0.1, 0.15) is 25.3 Å². The van der Waals surface area contributed by atoms with Crippen LogP contribution in [-0.2, 0) is 20.4 Å². The largest absolute Gasteiger partial charge is 0.444 e. The number of nitrogens with zero attached hydrogens (tertiary/aromatic N) is 5. The Kier molecular flexibility index (Phi) is 7.19. The summed E-state index contributed by atoms with van der Waals surface area (Å²) in [5.41, 5.74) is -0.895. The van der Waals surface area contributed by atoms with Crippen LogP contribution in [0.5, 0.6) is 0 Å². The lowest BCUT2D eigenvalue weighted by Gasteiger charge is -2.35. The molecular formula is C19H26F3N5O4. The fraction of sp³-hybridized carbons (Fsp3) is 0.684. The number of cyclic esters (lactones) is 1. The third kappa shape index (κ3) is 5.96. The Balaban J connectivity index is 1.42. The number of ether oxygens (including phenoxy) is 2. The quantitative estimate of drug-likeness (QED) is 0.632. The summed E-state index contributed by atoms with van der Waals surface area (Å²) >= 11 is 0. The Morgan fingerprint density at radius 3 is 2.48 bits per heavy atom. The number of amides is 2. The highest BCUT2D eigenvalue weighted by Gasteiger charge is 2.34. The summed E-state index contributed by atoms with van der Waals surface area (Å²) in [6, 6.07) is 0. The maximum atomic E-state index is 12.6. The highest BCUT2D eigenvalue weighted by atomic mass is 19.4. The van der Waals surface area contributed by atoms with E-state index in [2.05, 4.69) is 9.97 Å². The van der Waals surface area contributed by atoms with Crippen molar-refractivity contribution < 1.29 is 32.2 Å². The second-order valence-electron chi connectivity index (χ2n) is 7.63. The normalized spacial score (nSPS) is 20.7. The SMILES string of the molecule is COC(C)CN1CC(CCC(=O)N2CCN(c3ncc(C(F)(F)F)cn3)CC2)OC1=O. The molecule has 1 aromatic rings. The van der Waals surface area contributed by atoms with E-state index < -0.39 is 17.8 Å². The summed E-state index contributed by atoms with van der Waals surface area (Å²) in [6.45, 7) is 4.43. The van der Waals surface area contributed by atoms with Crippen LogP contribution < -0.4 is 4.90 Å². The minimum absolute atomic E-state index is 0.0484. The molecule has 0 radical (unpaired) electrons. The molecule has 0 aromatic carbocycles. The molecule has 0 spiro atoms. The zero-order valence-corrected chi connectivity index (χ0v) is 17.5. The van der Waals surface area contributed by atoms with E-state index in [9.17, 15) is 22.8 Å². The number of piperazine rings is 1. The summed E-state index contributed by atoms with van der Waals surface area (Å²) in [4.78, 5) is 37.0. The Morgan fingerprint density at radius 1 is 1.26 bits per heavy atom. The van der Waals surface area contributed by atoms with Crippen molar-refractivity contribution in [3.05, 3.63) is 18.0 Å². The summed E-state index contributed by atoms with van der Waals surface area (Å²) < 4.78 is 48.4. The topological polar surface area (TPSA) is 88.1 Å². The average molecular weight is 445 g/mol. The number of hydrogen-bond acceptors (Lipinski definition) is 7. The summed E-state index contributed by atoms with van der Waals surface area (Å²) in [5, 5.41) is 0. The first kappa shape index (κ1) is 23.0. The van der Waals surface area contributed by atoms with Crippen LogP contribution in [0.3, 0.4) is 0 Å². The van der Waals surface area contributed by atoms with E-state index in [1.54, 1.807) is 21.8 Å². The van der Waals surface area contributed by atoms with Crippen molar-refractivity contribution in [3.63, 3.8) is 0 Å². The number of carbonyl (C=O) groups is 2. The van der Waals surface area contributed by atoms with Gasteiger partial charge in [-0.3, -0.25) is 4.79 Å². The summed E-state index contributed by atoms with van der Waals surface area (Å²) in [7, 11) is 1.58. The number of halogens is 3. The van der Waals surface area contributed by atoms with Crippen LogP contribution in [-0.4, -0.2) is 90.4 Å². The molecule has 172 valence electrons. The lowest BCUT2D eigenvalue weighted by atomic mass is 10.1. The zero-order chi connectivity index (χ0) is 22.6. The Bertz CT molecular complexity index is 769. The predicted molar refractivity (Wildman–Crippen MR) is 103 cm³/mol. The molecule has 2 fully saturated rings. The lowest BCUT2D eigenvalue weighted by Crippen LogP contribution is -2.49. The van der Waals surface area contributed by atoms with Gasteiger partial charge in [0.05, 0.1) is 24.8 Å². The van der Waals surface area contributed by atoms with Gasteiger partial charge in [0.25, 0.3) is 0 Å². The van der Waals surface area contributed by atoms with Gasteiger partial charge in [0.15, 0.2) is 0 Å². The van der Waals surface area contributed by atoms with Gasteiger partial charge in [-0.15, -0.1) is 0 Å². The maximum Gasteiger partial charge on any atom is 0.419 e. The van der Waals surface area contributed by atoms with Gasteiger partial charge in [0, 0.05) is 52.1 Å². The third-order valence-electron chi connectivity index (χ3n) is 5.39. The molecule has 0 N–H and O–H groups in total. The van der Waals surface area contributed by atoms with Gasteiger partial charge in [-0.2, -0.15) is 13.2 Å². The molecule has 9 nitrogen and oxygen atoms in total. The minimum atomic E-state index is -4.48. The molecule has 2 amide bonds. The van der Waals surface area contributed by atoms with E-state index in [-0.39, 0.29) is 30.5 Å². The van der Waals surface area contributed by atoms with E-state index >= 15 is 0 Å². The Hall–Kier alpha value is -2.63. The van der Waals surface area contributed by atoms with Gasteiger partial charge in [-0.25, -0.2) is 14.8 Å². The Morgan fingerprint density at radius 2 is 1.90 bits per heavy atom. The van der Waals surface area contributed by atoms with E-state index in [4.69, 9.17) is 9.47 Å². The van der Waals surface area contributed by atoms with Crippen molar-refractivity contribution in [2.45, 2.75) is 38.1 Å². The highest BCUT2D eigenvalue weighted by molar-refractivity contribution is 5.76. The molecule has 1 aromatic heterocycles. The van der Waals surface area contributed by atoms with E-state index in [1.165, 1.54) is 0 Å². The molecule has 2 aliphatic rings. The number of aromatic nitrogens is 2. The second kappa shape index (κ2) is 9.67. The molecule has 0 aliphatic carbocycles. The van der Waals surface area contributed by atoms with E-state index in [0.29, 0.717) is 45.7 Å². The van der Waals surface area contributed by atoms with Crippen LogP contribution in [0.15, 0.2) is 12.4 Å². The lowest BCUT2D eigenvalue weighted by molar-refractivity contribution is -0.138. The van der Waals surface area contributed by atoms with Crippen molar-refractivity contribution in [2.24, 2.45) is 0 Å². The molecule has 2 atom stereocenters. The fourth-order valence-corrected chi connectivity index (χ4v) is 3.49. The molecule has 2 saturated heterocycles. The van der Waals surface area contributed by atoms with Crippen molar-refractivity contribution in [1.82, 2.24) is 19.8 Å². The first-order valence-electron chi connectivity index (χ1n) is 10.1. The van der Waals surface area contributed by atoms with Crippen LogP contribution in [0.4, 0.5) is 23.9 Å². The summed E-state index contributed by atoms with van der Waals surface area (Å²) in [6.07, 6.45) is -3.09. The number of rotatable bonds is 7. The predicted octanol–water partition coefficient (Wildman–Crippen LogP) is 1.78. The number of alkyl halides is 3. The van der Waals surface area contributed by atoms with Crippen LogP contribution in [0.2, 0.25) is 0 Å². The van der Waals surface area contributed by atoms with Gasteiger partial charge < -0.3 is 24.2 Å². The molecule has 12 heteroatoms. The number of carbonyl (C=O) groups excluding carboxylic acids is 2. The molecule has 0 saturated carbocycles. The molecule has 2 aliphatic heterocycles. The van der Waals surface area contributed by atoms with Gasteiger partial charge in [0.1, 0.15) is 6.10 Å². The average Bonchev–Trinajstić information content (AvgIpc) is 3.10. The number of methoxy groups -OCH3 is 1. The molecular weight excluding hydrogens is 419 g/mol. The maximum absolute atomic E-state index is 12.6. The standard InChI is InChI=1S/C19H26F3N5O4/c1-13(30-2)11-27-12-15(31-18(27)29)3-4-16(28)25-5-7-26(8-6-25)17-23-9-14(10-24-17)19(20,21)22/h9-10,13,15H,3-8,11-12H2,1-2H3. The van der Waals surface area contributed by atoms with Crippen LogP contribution in [0.25, 0.3) is 0 Å². The van der Waals surface area contributed by atoms with E-state index in [0.717, 1.165) is 12.4 Å². The second-order valence-corrected chi connectivity index (χ2v) is 7.63. The summed E-state index contributed by atoms with van der Waals surface area (Å²) in [5.74, 6) is 0.163. The zero-order valence-electron chi connectivity index (χ0n) is 17.5. The monoisotopic (exact) mass is 445 g/mol. The first-order chi connectivity index (χ1) is 14.7. The number of anilines is 1. The fourth-order valence-electron chi connectivity index (χ4n) is 3.49. The molecule has 0 bridgehead atoms. The van der Waals surface area contributed by atoms with Crippen LogP contribution >= 0.6 is 0 Å². The Labute approximate surface area is 178 Å². The van der Waals surface area contributed by atoms with Gasteiger partial charge >= 0.3 is 12.3 Å². The highest BCUT2D eigenvalue weighted by Crippen LogP contribution is 2.28. The molecule has 3 heterocycles. The van der Waals surface area contributed by atoms with E-state index in [1.807, 2.05) is 6.92 Å². The molecule has 3 rings (SSSR count). The van der Waals surface area contributed by atoms with Gasteiger partial charge in [0.2, 0.25) is 11.9 Å². The van der Waals surface area contributed by atoms with Crippen molar-refractivity contribution >= 4 is 17.9 Å². The molecule has 31 heavy (non-hydrogen) atoms. The third-order valence-corrected chi connectivity index (χ3v) is 5.39. The first-order valence-corrected chi connectivity index (χ1v) is 10.1. The smallest absolute Gasteiger partial charge is 0.419 e. The van der Waals surface area contributed by atoms with Gasteiger partial charge in [-0.05, 0) is 13.3 Å². The molecule has 2 unspecified atom stereocenters. The van der Waals surface area contributed by atoms with Crippen LogP contribution in [0, 0.1) is 0 Å². The van der Waals surface area contributed by atoms with Gasteiger partial charge in [-0.1, -0.05) is 0 Å². The van der Waals surface area contributed by atoms with Crippen molar-refractivity contribution in [1.29, 1.82) is 0 Å². The van der Waals surface area contributed by atoms with Crippen molar-refractivity contribution in [3.8, 4) is 0 Å². The minimum Gasteiger partial charge on any atom is -0.444 e. The number of hydrogen-bond donors (Lipinski definition) is 0. The van der Waals surface area contributed by atoms with Crippen molar-refractivity contribution in [2.75, 3.05) is 51.3 Å².